The van der Waals surface area contributed by atoms with Crippen LogP contribution in [0.5, 0.6) is 0 Å². The molecule has 0 aliphatic heterocycles. The minimum absolute atomic E-state index is 0.114. The summed E-state index contributed by atoms with van der Waals surface area (Å²) in [5, 5.41) is 15.1. The van der Waals surface area contributed by atoms with Gasteiger partial charge in [0, 0.05) is 11.0 Å². The van der Waals surface area contributed by atoms with Crippen LogP contribution in [-0.2, 0) is 6.42 Å². The summed E-state index contributed by atoms with van der Waals surface area (Å²) in [4.78, 5) is 0. The Morgan fingerprint density at radius 2 is 2.04 bits per heavy atom. The predicted molar refractivity (Wildman–Crippen MR) is 96.4 cm³/mol. The molecule has 3 saturated carbocycles. The smallest absolute Gasteiger partial charge is 0.162 e. The van der Waals surface area contributed by atoms with Crippen LogP contribution in [0.2, 0.25) is 0 Å². The fourth-order valence-corrected chi connectivity index (χ4v) is 7.14. The number of allylic oxidation sites excluding steroid dienone is 1. The van der Waals surface area contributed by atoms with Crippen molar-refractivity contribution in [3.8, 4) is 12.3 Å². The summed E-state index contributed by atoms with van der Waals surface area (Å²) in [5.41, 5.74) is 1.99. The average molecular weight is 337 g/mol. The highest BCUT2D eigenvalue weighted by molar-refractivity contribution is 5.57. The molecule has 25 heavy (non-hydrogen) atoms. The molecule has 3 fully saturated rings. The van der Waals surface area contributed by atoms with Crippen LogP contribution < -0.4 is 0 Å². The Bertz CT molecular complexity index is 801. The molecule has 4 aliphatic rings. The van der Waals surface area contributed by atoms with Crippen molar-refractivity contribution in [2.24, 2.45) is 28.6 Å². The van der Waals surface area contributed by atoms with Crippen molar-refractivity contribution in [2.75, 3.05) is 0 Å². The summed E-state index contributed by atoms with van der Waals surface area (Å²) in [5.74, 6) is 5.64. The Kier molecular flexibility index (Phi) is 3.01. The lowest BCUT2D eigenvalue weighted by atomic mass is 9.46. The molecule has 3 nitrogen and oxygen atoms in total. The van der Waals surface area contributed by atoms with Gasteiger partial charge in [0.1, 0.15) is 5.60 Å². The molecule has 0 unspecified atom stereocenters. The number of nitrogens with zero attached hydrogens (tertiary/aromatic N) is 1. The zero-order valence-corrected chi connectivity index (χ0v) is 15.2. The quantitative estimate of drug-likeness (QED) is 0.721. The molecule has 5 rings (SSSR count). The van der Waals surface area contributed by atoms with Crippen molar-refractivity contribution in [3.63, 3.8) is 0 Å². The van der Waals surface area contributed by atoms with E-state index >= 15 is 0 Å². The summed E-state index contributed by atoms with van der Waals surface area (Å²) in [7, 11) is 0. The van der Waals surface area contributed by atoms with E-state index in [2.05, 4.69) is 31.0 Å². The van der Waals surface area contributed by atoms with E-state index in [9.17, 15) is 5.11 Å². The second kappa shape index (κ2) is 4.80. The summed E-state index contributed by atoms with van der Waals surface area (Å²) < 4.78 is 5.43. The zero-order chi connectivity index (χ0) is 17.4. The van der Waals surface area contributed by atoms with Gasteiger partial charge in [-0.3, -0.25) is 0 Å². The van der Waals surface area contributed by atoms with Gasteiger partial charge in [-0.1, -0.05) is 30.5 Å². The first-order valence-corrected chi connectivity index (χ1v) is 9.76. The number of terminal acetylenes is 1. The number of aromatic nitrogens is 1. The maximum atomic E-state index is 11.1. The van der Waals surface area contributed by atoms with Gasteiger partial charge < -0.3 is 9.63 Å². The van der Waals surface area contributed by atoms with Crippen LogP contribution in [0.1, 0.15) is 63.7 Å². The number of rotatable bonds is 0. The molecule has 1 aromatic rings. The van der Waals surface area contributed by atoms with Gasteiger partial charge in [-0.2, -0.15) is 0 Å². The second-order valence-corrected chi connectivity index (χ2v) is 9.39. The van der Waals surface area contributed by atoms with Crippen LogP contribution in [0.25, 0.3) is 6.08 Å². The standard InChI is InChI=1S/C22H27NO2/c1-4-22(24)10-8-18-16-6-5-15-11-19-14(13-23-25-19)12-20(15,2)17(16)7-9-21(18,22)3/h1,11,13,16-18,24H,5-10,12H2,2-3H3/t16-,17+,18+,20-,21+,22+/m1/s1. The highest BCUT2D eigenvalue weighted by Crippen LogP contribution is 2.67. The predicted octanol–water partition coefficient (Wildman–Crippen LogP) is 4.22. The average Bonchev–Trinajstić information content (AvgIpc) is 3.14. The monoisotopic (exact) mass is 337 g/mol. The van der Waals surface area contributed by atoms with Gasteiger partial charge in [-0.25, -0.2) is 0 Å². The Balaban J connectivity index is 1.53. The lowest BCUT2D eigenvalue weighted by Crippen LogP contribution is -2.54. The Morgan fingerprint density at radius 1 is 1.24 bits per heavy atom. The van der Waals surface area contributed by atoms with Crippen LogP contribution in [-0.4, -0.2) is 15.9 Å². The molecule has 0 spiro atoms. The van der Waals surface area contributed by atoms with Gasteiger partial charge in [-0.15, -0.1) is 6.42 Å². The van der Waals surface area contributed by atoms with E-state index in [0.29, 0.717) is 17.8 Å². The van der Waals surface area contributed by atoms with Crippen molar-refractivity contribution in [1.29, 1.82) is 0 Å². The van der Waals surface area contributed by atoms with E-state index in [1.165, 1.54) is 12.0 Å². The van der Waals surface area contributed by atoms with Crippen LogP contribution in [0.15, 0.2) is 16.3 Å². The molecule has 3 heteroatoms. The zero-order valence-electron chi connectivity index (χ0n) is 15.2. The van der Waals surface area contributed by atoms with E-state index in [1.54, 1.807) is 5.57 Å². The van der Waals surface area contributed by atoms with E-state index < -0.39 is 5.60 Å². The van der Waals surface area contributed by atoms with Crippen molar-refractivity contribution >= 4 is 6.08 Å². The Labute approximate surface area is 149 Å². The van der Waals surface area contributed by atoms with Gasteiger partial charge in [0.2, 0.25) is 0 Å². The first-order valence-electron chi connectivity index (χ1n) is 9.76. The highest BCUT2D eigenvalue weighted by atomic mass is 16.5. The minimum atomic E-state index is -0.909. The number of hydrogen-bond acceptors (Lipinski definition) is 3. The molecular formula is C22H27NO2. The van der Waals surface area contributed by atoms with Crippen molar-refractivity contribution in [3.05, 3.63) is 23.1 Å². The van der Waals surface area contributed by atoms with Crippen molar-refractivity contribution in [2.45, 2.75) is 64.4 Å². The molecule has 0 radical (unpaired) electrons. The van der Waals surface area contributed by atoms with Crippen LogP contribution in [0.3, 0.4) is 0 Å². The number of hydrogen-bond donors (Lipinski definition) is 1. The fourth-order valence-electron chi connectivity index (χ4n) is 7.14. The molecule has 1 N–H and O–H groups in total. The van der Waals surface area contributed by atoms with E-state index in [1.807, 2.05) is 6.20 Å². The molecule has 132 valence electrons. The molecule has 6 atom stereocenters. The van der Waals surface area contributed by atoms with Crippen LogP contribution >= 0.6 is 0 Å². The molecule has 4 aliphatic carbocycles. The molecular weight excluding hydrogens is 310 g/mol. The third-order valence-corrected chi connectivity index (χ3v) is 8.67. The van der Waals surface area contributed by atoms with Gasteiger partial charge in [-0.05, 0) is 74.2 Å². The van der Waals surface area contributed by atoms with Crippen LogP contribution in [0, 0.1) is 40.9 Å². The topological polar surface area (TPSA) is 46.3 Å². The summed E-state index contributed by atoms with van der Waals surface area (Å²) in [6.07, 6.45) is 17.4. The number of aliphatic hydroxyl groups is 1. The second-order valence-electron chi connectivity index (χ2n) is 9.39. The minimum Gasteiger partial charge on any atom is -0.377 e. The maximum absolute atomic E-state index is 11.1. The first-order chi connectivity index (χ1) is 11.9. The highest BCUT2D eigenvalue weighted by Gasteiger charge is 2.63. The van der Waals surface area contributed by atoms with E-state index in [0.717, 1.165) is 44.3 Å². The summed E-state index contributed by atoms with van der Waals surface area (Å²) >= 11 is 0. The maximum Gasteiger partial charge on any atom is 0.162 e. The van der Waals surface area contributed by atoms with Crippen molar-refractivity contribution < 1.29 is 9.63 Å². The van der Waals surface area contributed by atoms with Crippen molar-refractivity contribution in [1.82, 2.24) is 5.16 Å². The fraction of sp³-hybridized carbons (Fsp3) is 0.682. The largest absolute Gasteiger partial charge is 0.377 e. The van der Waals surface area contributed by atoms with Gasteiger partial charge in [0.25, 0.3) is 0 Å². The van der Waals surface area contributed by atoms with Gasteiger partial charge in [0.15, 0.2) is 5.76 Å². The summed E-state index contributed by atoms with van der Waals surface area (Å²) in [6.45, 7) is 4.71. The third-order valence-electron chi connectivity index (χ3n) is 8.67. The van der Waals surface area contributed by atoms with E-state index in [-0.39, 0.29) is 10.8 Å². The van der Waals surface area contributed by atoms with E-state index in [4.69, 9.17) is 10.9 Å². The van der Waals surface area contributed by atoms with Crippen LogP contribution in [0.4, 0.5) is 0 Å². The lowest BCUT2D eigenvalue weighted by molar-refractivity contribution is -0.0975. The molecule has 0 amide bonds. The molecule has 1 aromatic heterocycles. The molecule has 0 saturated heterocycles. The third kappa shape index (κ3) is 1.79. The molecule has 0 bridgehead atoms. The first kappa shape index (κ1) is 15.7. The Morgan fingerprint density at radius 3 is 2.84 bits per heavy atom. The lowest BCUT2D eigenvalue weighted by Gasteiger charge is -2.58. The van der Waals surface area contributed by atoms with Gasteiger partial charge in [0.05, 0.1) is 6.20 Å². The number of fused-ring (bicyclic) bond motifs is 6. The molecule has 0 aromatic carbocycles. The summed E-state index contributed by atoms with van der Waals surface area (Å²) in [6, 6.07) is 0. The SMILES string of the molecule is C#C[C@]1(O)CC[C@H]2[C@@H]3CCC4=Cc5oncc5C[C@@]4(C)[C@H]3CC[C@@]21C. The Hall–Kier alpha value is -1.53. The van der Waals surface area contributed by atoms with Gasteiger partial charge >= 0.3 is 0 Å². The normalized spacial score (nSPS) is 47.8. The molecule has 1 heterocycles.